The van der Waals surface area contributed by atoms with Gasteiger partial charge in [-0.05, 0) is 54.6 Å². The molecule has 0 aliphatic carbocycles. The SMILES string of the molecule is O=C(COc1ccc(Cl)cc1/C=N/NC(=O)c1ccc(Br)cc1)Nc1ccccc1F. The van der Waals surface area contributed by atoms with E-state index in [4.69, 9.17) is 16.3 Å². The quantitative estimate of drug-likeness (QED) is 0.350. The lowest BCUT2D eigenvalue weighted by Crippen LogP contribution is -2.21. The number of anilines is 1. The highest BCUT2D eigenvalue weighted by atomic mass is 79.9. The highest BCUT2D eigenvalue weighted by Gasteiger charge is 2.10. The summed E-state index contributed by atoms with van der Waals surface area (Å²) in [5.41, 5.74) is 3.36. The lowest BCUT2D eigenvalue weighted by molar-refractivity contribution is -0.118. The smallest absolute Gasteiger partial charge is 0.271 e. The van der Waals surface area contributed by atoms with Crippen LogP contribution in [-0.4, -0.2) is 24.6 Å². The van der Waals surface area contributed by atoms with Crippen molar-refractivity contribution in [3.63, 3.8) is 0 Å². The van der Waals surface area contributed by atoms with Crippen molar-refractivity contribution in [2.45, 2.75) is 0 Å². The van der Waals surface area contributed by atoms with Gasteiger partial charge in [-0.1, -0.05) is 39.7 Å². The second-order valence-corrected chi connectivity index (χ2v) is 7.56. The largest absolute Gasteiger partial charge is 0.483 e. The topological polar surface area (TPSA) is 79.8 Å². The van der Waals surface area contributed by atoms with Crippen molar-refractivity contribution in [1.82, 2.24) is 5.43 Å². The number of carbonyl (C=O) groups excluding carboxylic acids is 2. The number of nitrogens with zero attached hydrogens (tertiary/aromatic N) is 1. The van der Waals surface area contributed by atoms with Gasteiger partial charge >= 0.3 is 0 Å². The van der Waals surface area contributed by atoms with Gasteiger partial charge in [-0.15, -0.1) is 0 Å². The first-order chi connectivity index (χ1) is 14.9. The zero-order valence-corrected chi connectivity index (χ0v) is 18.3. The second-order valence-electron chi connectivity index (χ2n) is 6.20. The fourth-order valence-corrected chi connectivity index (χ4v) is 2.91. The molecule has 0 saturated heterocycles. The molecule has 6 nitrogen and oxygen atoms in total. The molecule has 2 N–H and O–H groups in total. The predicted molar refractivity (Wildman–Crippen MR) is 121 cm³/mol. The Balaban J connectivity index is 1.62. The van der Waals surface area contributed by atoms with Gasteiger partial charge in [-0.2, -0.15) is 5.10 Å². The van der Waals surface area contributed by atoms with Crippen LogP contribution in [0.15, 0.2) is 76.3 Å². The number of amides is 2. The van der Waals surface area contributed by atoms with E-state index < -0.39 is 17.6 Å². The third-order valence-electron chi connectivity index (χ3n) is 3.95. The van der Waals surface area contributed by atoms with Crippen molar-refractivity contribution in [1.29, 1.82) is 0 Å². The van der Waals surface area contributed by atoms with E-state index in [1.165, 1.54) is 24.4 Å². The molecule has 158 valence electrons. The average molecular weight is 505 g/mol. The molecule has 0 aliphatic rings. The maximum absolute atomic E-state index is 13.6. The summed E-state index contributed by atoms with van der Waals surface area (Å²) in [6, 6.07) is 17.3. The van der Waals surface area contributed by atoms with E-state index in [0.717, 1.165) is 4.47 Å². The molecule has 0 spiro atoms. The number of para-hydroxylation sites is 1. The Kier molecular flexibility index (Phi) is 7.75. The zero-order valence-electron chi connectivity index (χ0n) is 15.9. The van der Waals surface area contributed by atoms with Crippen LogP contribution in [0.1, 0.15) is 15.9 Å². The molecule has 9 heteroatoms. The van der Waals surface area contributed by atoms with E-state index >= 15 is 0 Å². The van der Waals surface area contributed by atoms with Crippen molar-refractivity contribution in [3.8, 4) is 5.75 Å². The van der Waals surface area contributed by atoms with Gasteiger partial charge in [0.15, 0.2) is 6.61 Å². The van der Waals surface area contributed by atoms with Gasteiger partial charge in [-0.3, -0.25) is 9.59 Å². The molecule has 0 bridgehead atoms. The lowest BCUT2D eigenvalue weighted by Gasteiger charge is -2.10. The van der Waals surface area contributed by atoms with Gasteiger partial charge < -0.3 is 10.1 Å². The molecular weight excluding hydrogens is 489 g/mol. The summed E-state index contributed by atoms with van der Waals surface area (Å²) in [4.78, 5) is 24.2. The van der Waals surface area contributed by atoms with Crippen LogP contribution in [0, 0.1) is 5.82 Å². The molecule has 0 aromatic heterocycles. The van der Waals surface area contributed by atoms with Crippen LogP contribution in [0.25, 0.3) is 0 Å². The summed E-state index contributed by atoms with van der Waals surface area (Å²) in [5.74, 6) is -1.16. The minimum absolute atomic E-state index is 0.0599. The Morgan fingerprint density at radius 3 is 2.58 bits per heavy atom. The Morgan fingerprint density at radius 1 is 1.10 bits per heavy atom. The number of carbonyl (C=O) groups is 2. The van der Waals surface area contributed by atoms with Crippen LogP contribution in [0.2, 0.25) is 5.02 Å². The lowest BCUT2D eigenvalue weighted by atomic mass is 10.2. The predicted octanol–water partition coefficient (Wildman–Crippen LogP) is 5.02. The Labute approximate surface area is 191 Å². The minimum Gasteiger partial charge on any atom is -0.483 e. The number of ether oxygens (including phenoxy) is 1. The highest BCUT2D eigenvalue weighted by molar-refractivity contribution is 9.10. The van der Waals surface area contributed by atoms with Crippen LogP contribution < -0.4 is 15.5 Å². The summed E-state index contributed by atoms with van der Waals surface area (Å²) in [5, 5.41) is 6.78. The number of halogens is 3. The third-order valence-corrected chi connectivity index (χ3v) is 4.72. The van der Waals surface area contributed by atoms with E-state index in [-0.39, 0.29) is 12.3 Å². The van der Waals surface area contributed by atoms with Gasteiger partial charge in [0.2, 0.25) is 0 Å². The van der Waals surface area contributed by atoms with Crippen molar-refractivity contribution < 1.29 is 18.7 Å². The van der Waals surface area contributed by atoms with Gasteiger partial charge in [0, 0.05) is 20.6 Å². The first-order valence-electron chi connectivity index (χ1n) is 8.98. The molecule has 2 amide bonds. The molecule has 0 aliphatic heterocycles. The molecule has 0 atom stereocenters. The van der Waals surface area contributed by atoms with Gasteiger partial charge in [-0.25, -0.2) is 9.82 Å². The number of hydrazone groups is 1. The molecule has 0 radical (unpaired) electrons. The number of rotatable bonds is 7. The van der Waals surface area contributed by atoms with Crippen LogP contribution in [-0.2, 0) is 4.79 Å². The molecule has 0 saturated carbocycles. The van der Waals surface area contributed by atoms with Gasteiger partial charge in [0.1, 0.15) is 11.6 Å². The fraction of sp³-hybridized carbons (Fsp3) is 0.0455. The molecule has 0 heterocycles. The Bertz CT molecular complexity index is 1120. The third kappa shape index (κ3) is 6.63. The summed E-state index contributed by atoms with van der Waals surface area (Å²) < 4.78 is 20.0. The van der Waals surface area contributed by atoms with Crippen LogP contribution in [0.5, 0.6) is 5.75 Å². The molecule has 3 rings (SSSR count). The van der Waals surface area contributed by atoms with E-state index in [1.54, 1.807) is 48.5 Å². The Hall–Kier alpha value is -3.23. The van der Waals surface area contributed by atoms with E-state index in [0.29, 0.717) is 21.9 Å². The maximum atomic E-state index is 13.6. The standard InChI is InChI=1S/C22H16BrClFN3O3/c23-16-7-5-14(6-8-16)22(30)28-26-12-15-11-17(24)9-10-20(15)31-13-21(29)27-19-4-2-1-3-18(19)25/h1-12H,13H2,(H,27,29)(H,28,30)/b26-12+. The zero-order chi connectivity index (χ0) is 22.2. The molecule has 0 fully saturated rings. The first-order valence-corrected chi connectivity index (χ1v) is 10.1. The van der Waals surface area contributed by atoms with Crippen LogP contribution >= 0.6 is 27.5 Å². The van der Waals surface area contributed by atoms with Crippen molar-refractivity contribution in [2.75, 3.05) is 11.9 Å². The highest BCUT2D eigenvalue weighted by Crippen LogP contribution is 2.22. The number of hydrogen-bond donors (Lipinski definition) is 2. The average Bonchev–Trinajstić information content (AvgIpc) is 2.75. The van der Waals surface area contributed by atoms with E-state index in [2.05, 4.69) is 31.8 Å². The Morgan fingerprint density at radius 2 is 1.84 bits per heavy atom. The summed E-state index contributed by atoms with van der Waals surface area (Å²) in [6.07, 6.45) is 1.35. The molecule has 0 unspecified atom stereocenters. The van der Waals surface area contributed by atoms with E-state index in [9.17, 15) is 14.0 Å². The van der Waals surface area contributed by atoms with E-state index in [1.807, 2.05) is 0 Å². The number of hydrogen-bond acceptors (Lipinski definition) is 4. The number of nitrogens with one attached hydrogen (secondary N) is 2. The minimum atomic E-state index is -0.545. The van der Waals surface area contributed by atoms with Gasteiger partial charge in [0.05, 0.1) is 11.9 Å². The number of benzene rings is 3. The van der Waals surface area contributed by atoms with Crippen LogP contribution in [0.3, 0.4) is 0 Å². The van der Waals surface area contributed by atoms with Gasteiger partial charge in [0.25, 0.3) is 11.8 Å². The summed E-state index contributed by atoms with van der Waals surface area (Å²) >= 11 is 9.33. The summed E-state index contributed by atoms with van der Waals surface area (Å²) in [6.45, 7) is -0.359. The van der Waals surface area contributed by atoms with Crippen molar-refractivity contribution in [3.05, 3.63) is 93.2 Å². The monoisotopic (exact) mass is 503 g/mol. The molecule has 3 aromatic carbocycles. The summed E-state index contributed by atoms with van der Waals surface area (Å²) in [7, 11) is 0. The van der Waals surface area contributed by atoms with Crippen molar-refractivity contribution in [2.24, 2.45) is 5.10 Å². The first kappa shape index (κ1) is 22.5. The normalized spacial score (nSPS) is 10.7. The maximum Gasteiger partial charge on any atom is 0.271 e. The molecule has 31 heavy (non-hydrogen) atoms. The molecular formula is C22H16BrClFN3O3. The van der Waals surface area contributed by atoms with Crippen molar-refractivity contribution >= 4 is 51.2 Å². The molecule has 3 aromatic rings. The van der Waals surface area contributed by atoms with Crippen LogP contribution in [0.4, 0.5) is 10.1 Å². The second kappa shape index (κ2) is 10.7. The fourth-order valence-electron chi connectivity index (χ4n) is 2.47.